The number of rotatable bonds is 5. The summed E-state index contributed by atoms with van der Waals surface area (Å²) in [6, 6.07) is -7.42. The molecule has 1 aliphatic rings. The average molecular weight is 501 g/mol. The number of quaternary nitrogens is 1. The Balaban J connectivity index is 4.11. The van der Waals surface area contributed by atoms with E-state index in [9.17, 15) is 79.4 Å². The third-order valence-electron chi connectivity index (χ3n) is 3.52. The van der Waals surface area contributed by atoms with Crippen molar-refractivity contribution in [3.8, 4) is 0 Å². The van der Waals surface area contributed by atoms with Crippen LogP contribution in [0.4, 0.5) is 74.6 Å². The van der Waals surface area contributed by atoms with Crippen LogP contribution in [0.1, 0.15) is 0 Å². The first-order chi connectivity index (χ1) is 13.4. The highest BCUT2D eigenvalue weighted by molar-refractivity contribution is 6.04. The zero-order valence-electron chi connectivity index (χ0n) is 13.4. The van der Waals surface area contributed by atoms with Gasteiger partial charge in [-0.1, -0.05) is 5.10 Å². The number of alkyl halides is 15. The number of carbonyl (C=O) groups is 1. The average Bonchev–Trinajstić information content (AvgIpc) is 2.86. The Labute approximate surface area is 157 Å². The molecule has 0 aromatic heterocycles. The minimum Gasteiger partial charge on any atom is -0.244 e. The number of carbonyl (C=O) groups excluding carboxylic acids is 1. The number of nitrogens with zero attached hydrogens (tertiary/aromatic N) is 2. The molecule has 0 aliphatic carbocycles. The lowest BCUT2D eigenvalue weighted by molar-refractivity contribution is -0.941. The van der Waals surface area contributed by atoms with Crippen molar-refractivity contribution in [3.05, 3.63) is 11.8 Å². The van der Waals surface area contributed by atoms with Crippen molar-refractivity contribution in [1.82, 2.24) is 0 Å². The van der Waals surface area contributed by atoms with Gasteiger partial charge in [-0.3, -0.25) is 0 Å². The molecule has 0 bridgehead atoms. The van der Waals surface area contributed by atoms with Crippen LogP contribution >= 0.6 is 0 Å². The fraction of sp³-hybridized carbons (Fsp3) is 0.636. The summed E-state index contributed by atoms with van der Waals surface area (Å²) >= 11 is 0. The van der Waals surface area contributed by atoms with E-state index < -0.39 is 70.8 Å². The summed E-state index contributed by atoms with van der Waals surface area (Å²) in [5.41, 5.74) is -3.78. The van der Waals surface area contributed by atoms with E-state index in [1.54, 1.807) is 0 Å². The Morgan fingerprint density at radius 1 is 0.806 bits per heavy atom. The molecule has 0 aromatic rings. The topological polar surface area (TPSA) is 29.4 Å². The van der Waals surface area contributed by atoms with Crippen LogP contribution in [-0.4, -0.2) is 59.1 Å². The van der Waals surface area contributed by atoms with E-state index in [0.717, 1.165) is 5.10 Å². The van der Waals surface area contributed by atoms with Gasteiger partial charge >= 0.3 is 48.0 Å². The Bertz CT molecular complexity index is 819. The molecule has 0 fully saturated rings. The molecule has 0 spiro atoms. The first kappa shape index (κ1) is 26.9. The molecule has 1 atom stereocenters. The molecule has 3 nitrogen and oxygen atoms in total. The van der Waals surface area contributed by atoms with Gasteiger partial charge in [0.05, 0.1) is 0 Å². The molecular weight excluding hydrogens is 499 g/mol. The normalized spacial score (nSPS) is 22.2. The Morgan fingerprint density at radius 3 is 1.52 bits per heavy atom. The summed E-state index contributed by atoms with van der Waals surface area (Å²) < 4.78 is 216. The highest BCUT2D eigenvalue weighted by Crippen LogP contribution is 2.56. The van der Waals surface area contributed by atoms with Crippen LogP contribution in [0.15, 0.2) is 16.9 Å². The Kier molecular flexibility index (Phi) is 6.00. The Hall–Kier alpha value is -2.15. The first-order valence-electron chi connectivity index (χ1n) is 6.69. The monoisotopic (exact) mass is 501 g/mol. The maximum atomic E-state index is 14.0. The lowest BCUT2D eigenvalue weighted by Gasteiger charge is -2.37. The van der Waals surface area contributed by atoms with Crippen LogP contribution in [0.25, 0.3) is 0 Å². The lowest BCUT2D eigenvalue weighted by Crippen LogP contribution is -2.72. The maximum Gasteiger partial charge on any atom is 0.497 e. The summed E-state index contributed by atoms with van der Waals surface area (Å²) in [6.45, 7) is -3.83. The third-order valence-corrected chi connectivity index (χ3v) is 3.52. The molecule has 1 heterocycles. The standard InChI is InChI=1S/C11H2F17N2O/c12-1-6(15,16)11(27,28)30(4(14)2(13)3(29-30)8(19,20)21)5(31)7(17,18)9(22,23)10(24,25)26/h1H2/q+1. The molecule has 1 aliphatic heterocycles. The summed E-state index contributed by atoms with van der Waals surface area (Å²) in [5, 5.41) is 0.979. The predicted molar refractivity (Wildman–Crippen MR) is 59.8 cm³/mol. The molecule has 0 saturated heterocycles. The molecule has 0 N–H and O–H groups in total. The fourth-order valence-electron chi connectivity index (χ4n) is 1.94. The van der Waals surface area contributed by atoms with Gasteiger partial charge < -0.3 is 0 Å². The summed E-state index contributed by atoms with van der Waals surface area (Å²) in [6.07, 6.45) is -14.1. The van der Waals surface area contributed by atoms with E-state index >= 15 is 0 Å². The van der Waals surface area contributed by atoms with E-state index in [1.165, 1.54) is 0 Å². The SMILES string of the molecule is O=C(C(F)(F)C(F)(F)C(F)(F)F)[N+]1(C(F)(F)C(F)(F)CF)N=C(C(F)(F)F)C(F)=C1F. The van der Waals surface area contributed by atoms with Crippen molar-refractivity contribution in [2.45, 2.75) is 36.2 Å². The van der Waals surface area contributed by atoms with Gasteiger partial charge in [-0.15, -0.1) is 13.2 Å². The van der Waals surface area contributed by atoms with Crippen LogP contribution in [0, 0.1) is 0 Å². The van der Waals surface area contributed by atoms with E-state index in [-0.39, 0.29) is 0 Å². The number of halogens is 17. The second-order valence-electron chi connectivity index (χ2n) is 5.52. The van der Waals surface area contributed by atoms with Crippen LogP contribution in [0.5, 0.6) is 0 Å². The second-order valence-corrected chi connectivity index (χ2v) is 5.52. The molecule has 0 radical (unpaired) electrons. The predicted octanol–water partition coefficient (Wildman–Crippen LogP) is 5.40. The minimum absolute atomic E-state index is 0.979. The van der Waals surface area contributed by atoms with Crippen LogP contribution < -0.4 is 0 Å². The zero-order valence-corrected chi connectivity index (χ0v) is 13.4. The van der Waals surface area contributed by atoms with Crippen LogP contribution in [0.3, 0.4) is 0 Å². The van der Waals surface area contributed by atoms with Gasteiger partial charge in [0.1, 0.15) is 0 Å². The van der Waals surface area contributed by atoms with Gasteiger partial charge in [-0.25, -0.2) is 9.18 Å². The molecule has 31 heavy (non-hydrogen) atoms. The van der Waals surface area contributed by atoms with Gasteiger partial charge in [0.15, 0.2) is 6.67 Å². The Morgan fingerprint density at radius 2 is 1.23 bits per heavy atom. The van der Waals surface area contributed by atoms with Crippen molar-refractivity contribution in [2.24, 2.45) is 5.10 Å². The fourth-order valence-corrected chi connectivity index (χ4v) is 1.94. The van der Waals surface area contributed by atoms with E-state index in [0.29, 0.717) is 0 Å². The molecule has 0 saturated carbocycles. The number of hydrogen-bond acceptors (Lipinski definition) is 2. The number of hydrogen-bond donors (Lipinski definition) is 0. The van der Waals surface area contributed by atoms with Crippen molar-refractivity contribution in [2.75, 3.05) is 6.67 Å². The molecule has 1 rings (SSSR count). The quantitative estimate of drug-likeness (QED) is 0.282. The first-order valence-corrected chi connectivity index (χ1v) is 6.69. The van der Waals surface area contributed by atoms with Crippen LogP contribution in [-0.2, 0) is 4.79 Å². The van der Waals surface area contributed by atoms with Gasteiger partial charge in [0, 0.05) is 0 Å². The van der Waals surface area contributed by atoms with Crippen molar-refractivity contribution < 1.29 is 84.0 Å². The zero-order chi connectivity index (χ0) is 25.2. The lowest BCUT2D eigenvalue weighted by atomic mass is 10.1. The van der Waals surface area contributed by atoms with Crippen LogP contribution in [0.2, 0.25) is 0 Å². The highest BCUT2D eigenvalue weighted by atomic mass is 19.4. The second kappa shape index (κ2) is 6.92. The van der Waals surface area contributed by atoms with Gasteiger partial charge in [-0.05, 0) is 4.59 Å². The van der Waals surface area contributed by atoms with Gasteiger partial charge in [0.25, 0.3) is 5.83 Å². The van der Waals surface area contributed by atoms with Gasteiger partial charge in [-0.2, -0.15) is 57.1 Å². The van der Waals surface area contributed by atoms with Gasteiger partial charge in [0.2, 0.25) is 5.71 Å². The van der Waals surface area contributed by atoms with E-state index in [4.69, 9.17) is 0 Å². The summed E-state index contributed by atoms with van der Waals surface area (Å²) in [7, 11) is 0. The van der Waals surface area contributed by atoms with Crippen molar-refractivity contribution in [3.63, 3.8) is 0 Å². The number of allylic oxidation sites excluding steroid dienone is 1. The maximum absolute atomic E-state index is 14.0. The summed E-state index contributed by atoms with van der Waals surface area (Å²) in [4.78, 5) is 11.5. The molecule has 1 amide bonds. The van der Waals surface area contributed by atoms with Crippen molar-refractivity contribution in [1.29, 1.82) is 0 Å². The van der Waals surface area contributed by atoms with Crippen molar-refractivity contribution >= 4 is 11.6 Å². The molecule has 20 heteroatoms. The van der Waals surface area contributed by atoms with E-state index in [1.807, 2.05) is 0 Å². The summed E-state index contributed by atoms with van der Waals surface area (Å²) in [5.74, 6) is -35.7. The molecule has 180 valence electrons. The number of amides is 1. The molecular formula is C11H2F17N2O+. The highest BCUT2D eigenvalue weighted by Gasteiger charge is 2.89. The molecule has 0 aromatic carbocycles. The minimum atomic E-state index is -7.81. The largest absolute Gasteiger partial charge is 0.497 e. The molecule has 1 unspecified atom stereocenters. The third kappa shape index (κ3) is 3.41. The van der Waals surface area contributed by atoms with E-state index in [2.05, 4.69) is 0 Å². The smallest absolute Gasteiger partial charge is 0.244 e.